The lowest BCUT2D eigenvalue weighted by atomic mass is 10.1. The van der Waals surface area contributed by atoms with E-state index in [1.165, 1.54) is 10.4 Å². The van der Waals surface area contributed by atoms with Crippen LogP contribution in [0.15, 0.2) is 29.6 Å². The molecule has 98 valence electrons. The van der Waals surface area contributed by atoms with Gasteiger partial charge in [-0.3, -0.25) is 4.79 Å². The monoisotopic (exact) mass is 273 g/mol. The lowest BCUT2D eigenvalue weighted by Gasteiger charge is -2.27. The Labute approximate surface area is 116 Å². The Bertz CT molecular complexity index is 633. The van der Waals surface area contributed by atoms with Crippen LogP contribution in [0.2, 0.25) is 0 Å². The van der Waals surface area contributed by atoms with Crippen LogP contribution in [0.1, 0.15) is 26.4 Å². The molecule has 0 radical (unpaired) electrons. The van der Waals surface area contributed by atoms with Gasteiger partial charge in [0.15, 0.2) is 0 Å². The standard InChI is InChI=1S/C15H15NO2S/c1-10-3-2-4-12(14(10)17)15(18)16-7-5-13-11(9-16)6-8-19-13/h2-4,6,8,17H,5,7,9H2,1H3. The molecule has 1 aliphatic heterocycles. The van der Waals surface area contributed by atoms with Crippen LogP contribution < -0.4 is 0 Å². The molecule has 2 aromatic rings. The summed E-state index contributed by atoms with van der Waals surface area (Å²) in [5.74, 6) is 0.0154. The Balaban J connectivity index is 1.88. The number of hydrogen-bond acceptors (Lipinski definition) is 3. The third kappa shape index (κ3) is 2.12. The van der Waals surface area contributed by atoms with Crippen molar-refractivity contribution >= 4 is 17.2 Å². The van der Waals surface area contributed by atoms with Crippen molar-refractivity contribution in [1.29, 1.82) is 0 Å². The summed E-state index contributed by atoms with van der Waals surface area (Å²) in [6.45, 7) is 3.17. The Hall–Kier alpha value is -1.81. The summed E-state index contributed by atoms with van der Waals surface area (Å²) in [6, 6.07) is 7.38. The molecule has 1 aromatic carbocycles. The second-order valence-corrected chi connectivity index (χ2v) is 5.82. The topological polar surface area (TPSA) is 40.5 Å². The number of carbonyl (C=O) groups excluding carboxylic acids is 1. The third-order valence-corrected chi connectivity index (χ3v) is 4.59. The number of hydrogen-bond donors (Lipinski definition) is 1. The van der Waals surface area contributed by atoms with Crippen molar-refractivity contribution in [2.24, 2.45) is 0 Å². The fraction of sp³-hybridized carbons (Fsp3) is 0.267. The summed E-state index contributed by atoms with van der Waals surface area (Å²) in [7, 11) is 0. The highest BCUT2D eigenvalue weighted by Crippen LogP contribution is 2.28. The van der Waals surface area contributed by atoms with Crippen LogP contribution in [-0.4, -0.2) is 22.5 Å². The number of aryl methyl sites for hydroxylation is 1. The molecule has 1 amide bonds. The van der Waals surface area contributed by atoms with Crippen LogP contribution in [0.5, 0.6) is 5.75 Å². The van der Waals surface area contributed by atoms with Crippen LogP contribution in [0.3, 0.4) is 0 Å². The molecule has 0 aliphatic carbocycles. The van der Waals surface area contributed by atoms with Gasteiger partial charge in [-0.25, -0.2) is 0 Å². The second-order valence-electron chi connectivity index (χ2n) is 4.82. The van der Waals surface area contributed by atoms with Crippen molar-refractivity contribution in [2.45, 2.75) is 19.9 Å². The molecule has 1 aromatic heterocycles. The predicted molar refractivity (Wildman–Crippen MR) is 75.6 cm³/mol. The first-order valence-corrected chi connectivity index (χ1v) is 7.18. The number of nitrogens with zero attached hydrogens (tertiary/aromatic N) is 1. The van der Waals surface area contributed by atoms with Crippen LogP contribution >= 0.6 is 11.3 Å². The largest absolute Gasteiger partial charge is 0.507 e. The minimum absolute atomic E-state index is 0.0851. The van der Waals surface area contributed by atoms with Crippen LogP contribution in [-0.2, 0) is 13.0 Å². The molecule has 3 rings (SSSR count). The van der Waals surface area contributed by atoms with Crippen molar-refractivity contribution in [1.82, 2.24) is 4.90 Å². The van der Waals surface area contributed by atoms with E-state index in [1.54, 1.807) is 30.4 Å². The number of rotatable bonds is 1. The molecule has 3 nitrogen and oxygen atoms in total. The molecule has 0 saturated heterocycles. The van der Waals surface area contributed by atoms with Gasteiger partial charge in [0, 0.05) is 18.0 Å². The van der Waals surface area contributed by atoms with E-state index in [2.05, 4.69) is 11.4 Å². The maximum absolute atomic E-state index is 12.5. The number of fused-ring (bicyclic) bond motifs is 1. The minimum atomic E-state index is -0.0851. The minimum Gasteiger partial charge on any atom is -0.507 e. The van der Waals surface area contributed by atoms with Crippen molar-refractivity contribution in [3.05, 3.63) is 51.2 Å². The maximum atomic E-state index is 12.5. The maximum Gasteiger partial charge on any atom is 0.257 e. The molecule has 2 heterocycles. The average molecular weight is 273 g/mol. The molecule has 0 saturated carbocycles. The fourth-order valence-electron chi connectivity index (χ4n) is 2.42. The molecule has 0 atom stereocenters. The highest BCUT2D eigenvalue weighted by Gasteiger charge is 2.24. The van der Waals surface area contributed by atoms with E-state index in [1.807, 2.05) is 11.0 Å². The van der Waals surface area contributed by atoms with Crippen LogP contribution in [0.4, 0.5) is 0 Å². The molecule has 0 unspecified atom stereocenters. The molecular formula is C15H15NO2S. The first-order valence-electron chi connectivity index (χ1n) is 6.30. The van der Waals surface area contributed by atoms with Gasteiger partial charge in [-0.2, -0.15) is 0 Å². The molecule has 19 heavy (non-hydrogen) atoms. The second kappa shape index (κ2) is 4.70. The van der Waals surface area contributed by atoms with Crippen LogP contribution in [0, 0.1) is 6.92 Å². The van der Waals surface area contributed by atoms with E-state index in [0.717, 1.165) is 18.5 Å². The number of amides is 1. The van der Waals surface area contributed by atoms with E-state index in [-0.39, 0.29) is 11.7 Å². The third-order valence-electron chi connectivity index (χ3n) is 3.56. The Morgan fingerprint density at radius 1 is 1.37 bits per heavy atom. The normalized spacial score (nSPS) is 14.3. The van der Waals surface area contributed by atoms with Crippen molar-refractivity contribution in [2.75, 3.05) is 6.54 Å². The van der Waals surface area contributed by atoms with E-state index in [0.29, 0.717) is 12.1 Å². The summed E-state index contributed by atoms with van der Waals surface area (Å²) >= 11 is 1.75. The molecule has 0 spiro atoms. The van der Waals surface area contributed by atoms with E-state index < -0.39 is 0 Å². The first kappa shape index (κ1) is 12.2. The van der Waals surface area contributed by atoms with E-state index in [9.17, 15) is 9.90 Å². The highest BCUT2D eigenvalue weighted by molar-refractivity contribution is 7.10. The Morgan fingerprint density at radius 3 is 3.05 bits per heavy atom. The van der Waals surface area contributed by atoms with Crippen molar-refractivity contribution in [3.8, 4) is 5.75 Å². The number of benzene rings is 1. The van der Waals surface area contributed by atoms with Crippen molar-refractivity contribution < 1.29 is 9.90 Å². The highest BCUT2D eigenvalue weighted by atomic mass is 32.1. The average Bonchev–Trinajstić information content (AvgIpc) is 2.88. The van der Waals surface area contributed by atoms with Gasteiger partial charge in [0.25, 0.3) is 5.91 Å². The lowest BCUT2D eigenvalue weighted by molar-refractivity contribution is 0.0732. The summed E-state index contributed by atoms with van der Waals surface area (Å²) in [5, 5.41) is 12.1. The number of para-hydroxylation sites is 1. The van der Waals surface area contributed by atoms with E-state index in [4.69, 9.17) is 0 Å². The quantitative estimate of drug-likeness (QED) is 0.867. The zero-order chi connectivity index (χ0) is 13.4. The fourth-order valence-corrected chi connectivity index (χ4v) is 3.31. The summed E-state index contributed by atoms with van der Waals surface area (Å²) < 4.78 is 0. The van der Waals surface area contributed by atoms with Gasteiger partial charge in [0.2, 0.25) is 0 Å². The number of phenols is 1. The summed E-state index contributed by atoms with van der Waals surface area (Å²) in [5.41, 5.74) is 2.37. The number of carbonyl (C=O) groups is 1. The molecule has 0 fully saturated rings. The van der Waals surface area contributed by atoms with Gasteiger partial charge in [-0.15, -0.1) is 11.3 Å². The molecule has 0 bridgehead atoms. The van der Waals surface area contributed by atoms with Gasteiger partial charge in [-0.05, 0) is 42.0 Å². The van der Waals surface area contributed by atoms with Crippen molar-refractivity contribution in [3.63, 3.8) is 0 Å². The first-order chi connectivity index (χ1) is 9.16. The van der Waals surface area contributed by atoms with Gasteiger partial charge < -0.3 is 10.0 Å². The lowest BCUT2D eigenvalue weighted by Crippen LogP contribution is -2.35. The zero-order valence-electron chi connectivity index (χ0n) is 10.7. The SMILES string of the molecule is Cc1cccc(C(=O)N2CCc3sccc3C2)c1O. The number of phenolic OH excluding ortho intramolecular Hbond substituents is 1. The van der Waals surface area contributed by atoms with Gasteiger partial charge in [0.05, 0.1) is 5.56 Å². The van der Waals surface area contributed by atoms with Gasteiger partial charge in [0.1, 0.15) is 5.75 Å². The molecule has 1 aliphatic rings. The smallest absolute Gasteiger partial charge is 0.257 e. The Morgan fingerprint density at radius 2 is 2.21 bits per heavy atom. The van der Waals surface area contributed by atoms with Gasteiger partial charge >= 0.3 is 0 Å². The van der Waals surface area contributed by atoms with E-state index >= 15 is 0 Å². The molecular weight excluding hydrogens is 258 g/mol. The molecule has 4 heteroatoms. The summed E-state index contributed by atoms with van der Waals surface area (Å²) in [4.78, 5) is 15.7. The number of thiophene rings is 1. The Kier molecular flexibility index (Phi) is 3.03. The molecule has 1 N–H and O–H groups in total. The zero-order valence-corrected chi connectivity index (χ0v) is 11.5. The summed E-state index contributed by atoms with van der Waals surface area (Å²) in [6.07, 6.45) is 0.908. The number of aromatic hydroxyl groups is 1. The van der Waals surface area contributed by atoms with Gasteiger partial charge in [-0.1, -0.05) is 12.1 Å². The van der Waals surface area contributed by atoms with Crippen LogP contribution in [0.25, 0.3) is 0 Å². The predicted octanol–water partition coefficient (Wildman–Crippen LogP) is 2.96.